The van der Waals surface area contributed by atoms with Gasteiger partial charge in [0.2, 0.25) is 0 Å². The maximum atomic E-state index is 14.4. The Hall–Kier alpha value is -3.62. The van der Waals surface area contributed by atoms with Crippen LogP contribution in [0.1, 0.15) is 0 Å². The van der Waals surface area contributed by atoms with E-state index in [4.69, 9.17) is 23.2 Å². The van der Waals surface area contributed by atoms with Gasteiger partial charge in [-0.05, 0) is 54.6 Å². The van der Waals surface area contributed by atoms with Gasteiger partial charge >= 0.3 is 6.03 Å². The predicted octanol–water partition coefficient (Wildman–Crippen LogP) is 6.61. The van der Waals surface area contributed by atoms with Gasteiger partial charge in [0.15, 0.2) is 0 Å². The molecule has 0 saturated carbocycles. The number of aromatic nitrogens is 1. The van der Waals surface area contributed by atoms with E-state index in [1.54, 1.807) is 30.3 Å². The Kier molecular flexibility index (Phi) is 8.40. The molecule has 36 heavy (non-hydrogen) atoms. The molecule has 0 aliphatic rings. The molecule has 3 N–H and O–H groups in total. The highest BCUT2D eigenvalue weighted by Crippen LogP contribution is 2.30. The molecule has 186 valence electrons. The molecule has 4 aromatic rings. The standard InChI is InChI=1S/C26H23Cl2F2N5O/c27-11-13-35(14-12-28)19-8-6-18(7-9-19)31-26(36)34-33-25-16-24(21-15-17(29)5-10-22(21)30)32-23-4-2-1-3-20(23)25/h1-10,15-16H,11-14H2,(H,32,33)(H2,31,34,36). The lowest BCUT2D eigenvalue weighted by Crippen LogP contribution is -2.33. The first-order valence-electron chi connectivity index (χ1n) is 11.1. The van der Waals surface area contributed by atoms with Crippen molar-refractivity contribution in [1.82, 2.24) is 10.4 Å². The number of nitrogens with one attached hydrogen (secondary N) is 3. The van der Waals surface area contributed by atoms with Crippen LogP contribution >= 0.6 is 23.2 Å². The van der Waals surface area contributed by atoms with E-state index in [1.807, 2.05) is 24.3 Å². The summed E-state index contributed by atoms with van der Waals surface area (Å²) in [5, 5.41) is 3.44. The SMILES string of the molecule is O=C(NNc1cc(-c2cc(F)ccc2F)nc2ccccc12)Nc1ccc(N(CCCl)CCCl)cc1. The van der Waals surface area contributed by atoms with E-state index in [-0.39, 0.29) is 11.3 Å². The van der Waals surface area contributed by atoms with Gasteiger partial charge in [-0.1, -0.05) is 18.2 Å². The largest absolute Gasteiger partial charge is 0.369 e. The lowest BCUT2D eigenvalue weighted by molar-refractivity contribution is 0.254. The van der Waals surface area contributed by atoms with Crippen molar-refractivity contribution in [2.24, 2.45) is 0 Å². The summed E-state index contributed by atoms with van der Waals surface area (Å²) in [6.07, 6.45) is 0. The van der Waals surface area contributed by atoms with Crippen molar-refractivity contribution in [3.63, 3.8) is 0 Å². The van der Waals surface area contributed by atoms with E-state index < -0.39 is 17.7 Å². The van der Waals surface area contributed by atoms with Crippen molar-refractivity contribution in [1.29, 1.82) is 0 Å². The normalized spacial score (nSPS) is 10.8. The van der Waals surface area contributed by atoms with Crippen LogP contribution in [0.4, 0.5) is 30.6 Å². The summed E-state index contributed by atoms with van der Waals surface area (Å²) in [4.78, 5) is 19.1. The van der Waals surface area contributed by atoms with Crippen molar-refractivity contribution in [3.8, 4) is 11.3 Å². The molecule has 0 fully saturated rings. The average Bonchev–Trinajstić information content (AvgIpc) is 2.89. The molecule has 0 radical (unpaired) electrons. The zero-order valence-corrected chi connectivity index (χ0v) is 20.6. The summed E-state index contributed by atoms with van der Waals surface area (Å²) in [6, 6.07) is 18.7. The predicted molar refractivity (Wildman–Crippen MR) is 143 cm³/mol. The lowest BCUT2D eigenvalue weighted by atomic mass is 10.1. The second-order valence-electron chi connectivity index (χ2n) is 7.81. The van der Waals surface area contributed by atoms with Crippen LogP contribution in [-0.4, -0.2) is 35.9 Å². The number of benzene rings is 3. The van der Waals surface area contributed by atoms with Gasteiger partial charge in [0.05, 0.1) is 16.9 Å². The molecule has 0 spiro atoms. The van der Waals surface area contributed by atoms with Gasteiger partial charge in [-0.25, -0.2) is 18.6 Å². The Balaban J connectivity index is 1.49. The molecule has 2 amide bonds. The summed E-state index contributed by atoms with van der Waals surface area (Å²) < 4.78 is 28.1. The number of carbonyl (C=O) groups excluding carboxylic acids is 1. The number of urea groups is 1. The Bertz CT molecular complexity index is 1350. The molecule has 10 heteroatoms. The zero-order valence-electron chi connectivity index (χ0n) is 19.1. The Morgan fingerprint density at radius 3 is 2.36 bits per heavy atom. The molecule has 1 heterocycles. The van der Waals surface area contributed by atoms with Crippen molar-refractivity contribution < 1.29 is 13.6 Å². The second kappa shape index (κ2) is 11.9. The van der Waals surface area contributed by atoms with Crippen LogP contribution in [0.2, 0.25) is 0 Å². The van der Waals surface area contributed by atoms with E-state index in [2.05, 4.69) is 26.1 Å². The summed E-state index contributed by atoms with van der Waals surface area (Å²) in [5.74, 6) is -0.229. The Morgan fingerprint density at radius 2 is 1.64 bits per heavy atom. The number of nitrogens with zero attached hydrogens (tertiary/aromatic N) is 2. The van der Waals surface area contributed by atoms with Crippen LogP contribution < -0.4 is 21.1 Å². The highest BCUT2D eigenvalue weighted by molar-refractivity contribution is 6.18. The molecular formula is C26H23Cl2F2N5O. The maximum Gasteiger partial charge on any atom is 0.337 e. The van der Waals surface area contributed by atoms with Crippen LogP contribution in [0, 0.1) is 11.6 Å². The first-order chi connectivity index (χ1) is 17.5. The van der Waals surface area contributed by atoms with Crippen LogP contribution in [0.5, 0.6) is 0 Å². The van der Waals surface area contributed by atoms with Crippen LogP contribution in [0.15, 0.2) is 72.8 Å². The molecule has 4 rings (SSSR count). The summed E-state index contributed by atoms with van der Waals surface area (Å²) >= 11 is 11.7. The van der Waals surface area contributed by atoms with Gasteiger partial charge in [0.1, 0.15) is 11.6 Å². The molecule has 3 aromatic carbocycles. The fourth-order valence-electron chi connectivity index (χ4n) is 3.73. The van der Waals surface area contributed by atoms with E-state index in [0.29, 0.717) is 47.1 Å². The van der Waals surface area contributed by atoms with Gasteiger partial charge in [-0.3, -0.25) is 10.9 Å². The number of anilines is 3. The highest BCUT2D eigenvalue weighted by atomic mass is 35.5. The molecule has 0 unspecified atom stereocenters. The first-order valence-corrected chi connectivity index (χ1v) is 12.2. The van der Waals surface area contributed by atoms with E-state index in [0.717, 1.165) is 23.9 Å². The van der Waals surface area contributed by atoms with E-state index in [1.165, 1.54) is 0 Å². The smallest absolute Gasteiger partial charge is 0.337 e. The minimum atomic E-state index is -0.602. The van der Waals surface area contributed by atoms with Crippen molar-refractivity contribution in [3.05, 3.63) is 84.4 Å². The van der Waals surface area contributed by atoms with Crippen LogP contribution in [0.3, 0.4) is 0 Å². The summed E-state index contributed by atoms with van der Waals surface area (Å²) in [6.45, 7) is 1.32. The highest BCUT2D eigenvalue weighted by Gasteiger charge is 2.13. The van der Waals surface area contributed by atoms with Gasteiger partial charge in [-0.15, -0.1) is 23.2 Å². The third-order valence-corrected chi connectivity index (χ3v) is 5.77. The molecule has 0 bridgehead atoms. The monoisotopic (exact) mass is 529 g/mol. The Morgan fingerprint density at radius 1 is 0.917 bits per heavy atom. The van der Waals surface area contributed by atoms with Gasteiger partial charge in [0, 0.05) is 47.2 Å². The minimum absolute atomic E-state index is 0.0192. The molecule has 0 saturated heterocycles. The number of rotatable bonds is 9. The second-order valence-corrected chi connectivity index (χ2v) is 8.57. The number of amides is 2. The van der Waals surface area contributed by atoms with Crippen molar-refractivity contribution in [2.75, 3.05) is 40.5 Å². The Labute approximate surface area is 217 Å². The van der Waals surface area contributed by atoms with Gasteiger partial charge in [0.25, 0.3) is 0 Å². The molecular weight excluding hydrogens is 507 g/mol. The fourth-order valence-corrected chi connectivity index (χ4v) is 4.13. The quantitative estimate of drug-likeness (QED) is 0.168. The first kappa shape index (κ1) is 25.5. The molecule has 6 nitrogen and oxygen atoms in total. The zero-order chi connectivity index (χ0) is 25.5. The minimum Gasteiger partial charge on any atom is -0.369 e. The number of hydrogen-bond acceptors (Lipinski definition) is 4. The van der Waals surface area contributed by atoms with Crippen LogP contribution in [0.25, 0.3) is 22.2 Å². The van der Waals surface area contributed by atoms with E-state index in [9.17, 15) is 13.6 Å². The number of para-hydroxylation sites is 1. The van der Waals surface area contributed by atoms with E-state index >= 15 is 0 Å². The fraction of sp³-hybridized carbons (Fsp3) is 0.154. The van der Waals surface area contributed by atoms with Gasteiger partial charge in [-0.2, -0.15) is 0 Å². The van der Waals surface area contributed by atoms with Gasteiger partial charge < -0.3 is 10.2 Å². The topological polar surface area (TPSA) is 69.3 Å². The average molecular weight is 530 g/mol. The van der Waals surface area contributed by atoms with Crippen molar-refractivity contribution >= 4 is 57.2 Å². The number of carbonyl (C=O) groups is 1. The molecule has 0 aliphatic heterocycles. The van der Waals surface area contributed by atoms with Crippen molar-refractivity contribution in [2.45, 2.75) is 0 Å². The maximum absolute atomic E-state index is 14.4. The third kappa shape index (κ3) is 6.13. The number of hydrogen-bond donors (Lipinski definition) is 3. The molecule has 0 atom stereocenters. The number of hydrazine groups is 1. The molecule has 1 aromatic heterocycles. The third-order valence-electron chi connectivity index (χ3n) is 5.43. The van der Waals surface area contributed by atoms with Crippen LogP contribution in [-0.2, 0) is 0 Å². The summed E-state index contributed by atoms with van der Waals surface area (Å²) in [7, 11) is 0. The number of halogens is 4. The lowest BCUT2D eigenvalue weighted by Gasteiger charge is -2.23. The number of fused-ring (bicyclic) bond motifs is 1. The number of pyridine rings is 1. The number of alkyl halides is 2. The molecule has 0 aliphatic carbocycles. The summed E-state index contributed by atoms with van der Waals surface area (Å²) in [5.41, 5.74) is 8.24.